The first-order valence-corrected chi connectivity index (χ1v) is 5.92. The number of esters is 1. The lowest BCUT2D eigenvalue weighted by Gasteiger charge is -2.23. The molecule has 1 aliphatic carbocycles. The van der Waals surface area contributed by atoms with Gasteiger partial charge in [-0.25, -0.2) is 0 Å². The molecular formula is C14H19NO2. The van der Waals surface area contributed by atoms with Gasteiger partial charge in [0.2, 0.25) is 0 Å². The lowest BCUT2D eigenvalue weighted by Crippen LogP contribution is -2.43. The molecule has 1 unspecified atom stereocenters. The monoisotopic (exact) mass is 233 g/mol. The van der Waals surface area contributed by atoms with Gasteiger partial charge in [0, 0.05) is 5.41 Å². The largest absolute Gasteiger partial charge is 0.468 e. The maximum atomic E-state index is 11.6. The summed E-state index contributed by atoms with van der Waals surface area (Å²) in [6.45, 7) is 4.13. The molecule has 0 radical (unpaired) electrons. The molecule has 1 aliphatic rings. The summed E-state index contributed by atoms with van der Waals surface area (Å²) in [6.07, 6.45) is 1.93. The summed E-state index contributed by atoms with van der Waals surface area (Å²) >= 11 is 0. The molecular weight excluding hydrogens is 214 g/mol. The minimum atomic E-state index is -0.548. The number of hydrogen-bond acceptors (Lipinski definition) is 3. The lowest BCUT2D eigenvalue weighted by atomic mass is 9.85. The highest BCUT2D eigenvalue weighted by Gasteiger charge is 2.53. The highest BCUT2D eigenvalue weighted by Crippen LogP contribution is 2.51. The maximum Gasteiger partial charge on any atom is 0.323 e. The van der Waals surface area contributed by atoms with Crippen LogP contribution in [-0.2, 0) is 14.9 Å². The van der Waals surface area contributed by atoms with Gasteiger partial charge in [0.25, 0.3) is 0 Å². The van der Waals surface area contributed by atoms with Crippen molar-refractivity contribution >= 4 is 5.97 Å². The normalized spacial score (nSPS) is 18.6. The summed E-state index contributed by atoms with van der Waals surface area (Å²) < 4.78 is 4.77. The molecule has 1 saturated carbocycles. The zero-order valence-corrected chi connectivity index (χ0v) is 10.6. The number of carbonyl (C=O) groups is 1. The average Bonchev–Trinajstić information content (AvgIpc) is 3.11. The van der Waals surface area contributed by atoms with Crippen LogP contribution in [0.3, 0.4) is 0 Å². The fourth-order valence-corrected chi connectivity index (χ4v) is 2.51. The number of benzene rings is 1. The summed E-state index contributed by atoms with van der Waals surface area (Å²) in [7, 11) is 1.39. The highest BCUT2D eigenvalue weighted by atomic mass is 16.5. The topological polar surface area (TPSA) is 52.3 Å². The van der Waals surface area contributed by atoms with Crippen LogP contribution in [0, 0.1) is 13.8 Å². The second-order valence-electron chi connectivity index (χ2n) is 4.98. The summed E-state index contributed by atoms with van der Waals surface area (Å²) in [5, 5.41) is 0. The number of hydrogen-bond donors (Lipinski definition) is 1. The van der Waals surface area contributed by atoms with Crippen molar-refractivity contribution < 1.29 is 9.53 Å². The van der Waals surface area contributed by atoms with Gasteiger partial charge in [0.15, 0.2) is 0 Å². The SMILES string of the molecule is COC(=O)C(N)C1(c2cc(C)ccc2C)CC1. The Balaban J connectivity index is 2.38. The van der Waals surface area contributed by atoms with Gasteiger partial charge in [-0.05, 0) is 37.8 Å². The van der Waals surface area contributed by atoms with E-state index >= 15 is 0 Å². The molecule has 1 aromatic rings. The molecule has 3 nitrogen and oxygen atoms in total. The van der Waals surface area contributed by atoms with Crippen molar-refractivity contribution in [1.82, 2.24) is 0 Å². The van der Waals surface area contributed by atoms with Crippen LogP contribution in [0.25, 0.3) is 0 Å². The van der Waals surface area contributed by atoms with Crippen molar-refractivity contribution in [2.24, 2.45) is 5.73 Å². The molecule has 0 bridgehead atoms. The fourth-order valence-electron chi connectivity index (χ4n) is 2.51. The molecule has 0 aliphatic heterocycles. The van der Waals surface area contributed by atoms with Crippen LogP contribution in [0.15, 0.2) is 18.2 Å². The highest BCUT2D eigenvalue weighted by molar-refractivity contribution is 5.79. The van der Waals surface area contributed by atoms with Gasteiger partial charge in [-0.15, -0.1) is 0 Å². The van der Waals surface area contributed by atoms with Crippen LogP contribution in [0.5, 0.6) is 0 Å². The van der Waals surface area contributed by atoms with Crippen LogP contribution < -0.4 is 5.73 Å². The number of ether oxygens (including phenoxy) is 1. The third kappa shape index (κ3) is 1.95. The smallest absolute Gasteiger partial charge is 0.323 e. The predicted molar refractivity (Wildman–Crippen MR) is 66.8 cm³/mol. The van der Waals surface area contributed by atoms with Crippen molar-refractivity contribution in [3.8, 4) is 0 Å². The third-order valence-electron chi connectivity index (χ3n) is 3.77. The van der Waals surface area contributed by atoms with E-state index in [1.807, 2.05) is 0 Å². The summed E-state index contributed by atoms with van der Waals surface area (Å²) in [6, 6.07) is 5.77. The molecule has 0 heterocycles. The Morgan fingerprint density at radius 2 is 2.06 bits per heavy atom. The van der Waals surface area contributed by atoms with E-state index in [0.717, 1.165) is 12.8 Å². The number of methoxy groups -OCH3 is 1. The molecule has 0 spiro atoms. The molecule has 1 fully saturated rings. The van der Waals surface area contributed by atoms with Gasteiger partial charge in [-0.1, -0.05) is 23.8 Å². The van der Waals surface area contributed by atoms with E-state index in [2.05, 4.69) is 32.0 Å². The Morgan fingerprint density at radius 1 is 1.41 bits per heavy atom. The molecule has 0 saturated heterocycles. The second kappa shape index (κ2) is 4.15. The van der Waals surface area contributed by atoms with Gasteiger partial charge in [0.05, 0.1) is 7.11 Å². The Bertz CT molecular complexity index is 450. The van der Waals surface area contributed by atoms with Gasteiger partial charge < -0.3 is 10.5 Å². The standard InChI is InChI=1S/C14H19NO2/c1-9-4-5-10(2)11(8-9)14(6-7-14)12(15)13(16)17-3/h4-5,8,12H,6-7,15H2,1-3H3. The first kappa shape index (κ1) is 12.1. The van der Waals surface area contributed by atoms with Crippen molar-refractivity contribution in [3.63, 3.8) is 0 Å². The molecule has 3 heteroatoms. The number of rotatable bonds is 3. The molecule has 1 atom stereocenters. The Kier molecular flexibility index (Phi) is 2.96. The molecule has 0 aromatic heterocycles. The molecule has 17 heavy (non-hydrogen) atoms. The van der Waals surface area contributed by atoms with E-state index in [1.54, 1.807) is 0 Å². The molecule has 2 N–H and O–H groups in total. The second-order valence-corrected chi connectivity index (χ2v) is 4.98. The van der Waals surface area contributed by atoms with Crippen molar-refractivity contribution in [2.45, 2.75) is 38.1 Å². The Labute approximate surface area is 102 Å². The predicted octanol–water partition coefficient (Wildman–Crippen LogP) is 1.84. The zero-order valence-electron chi connectivity index (χ0n) is 10.6. The van der Waals surface area contributed by atoms with E-state index in [-0.39, 0.29) is 11.4 Å². The van der Waals surface area contributed by atoms with Gasteiger partial charge in [-0.3, -0.25) is 4.79 Å². The van der Waals surface area contributed by atoms with Crippen molar-refractivity contribution in [3.05, 3.63) is 34.9 Å². The van der Waals surface area contributed by atoms with E-state index < -0.39 is 6.04 Å². The number of aryl methyl sites for hydroxylation is 2. The van der Waals surface area contributed by atoms with Crippen molar-refractivity contribution in [2.75, 3.05) is 7.11 Å². The zero-order chi connectivity index (χ0) is 12.6. The van der Waals surface area contributed by atoms with Crippen molar-refractivity contribution in [1.29, 1.82) is 0 Å². The van der Waals surface area contributed by atoms with Crippen LogP contribution >= 0.6 is 0 Å². The first-order valence-electron chi connectivity index (χ1n) is 5.92. The molecule has 1 aromatic carbocycles. The maximum absolute atomic E-state index is 11.6. The minimum Gasteiger partial charge on any atom is -0.468 e. The summed E-state index contributed by atoms with van der Waals surface area (Å²) in [5.74, 6) is -0.316. The first-order chi connectivity index (χ1) is 8.01. The summed E-state index contributed by atoms with van der Waals surface area (Å²) in [4.78, 5) is 11.6. The number of carbonyl (C=O) groups excluding carboxylic acids is 1. The van der Waals surface area contributed by atoms with Crippen LogP contribution in [-0.4, -0.2) is 19.1 Å². The van der Waals surface area contributed by atoms with Crippen LogP contribution in [0.2, 0.25) is 0 Å². The van der Waals surface area contributed by atoms with E-state index in [1.165, 1.54) is 23.8 Å². The summed E-state index contributed by atoms with van der Waals surface area (Å²) in [5.41, 5.74) is 9.46. The fraction of sp³-hybridized carbons (Fsp3) is 0.500. The van der Waals surface area contributed by atoms with Gasteiger partial charge in [-0.2, -0.15) is 0 Å². The Hall–Kier alpha value is -1.35. The van der Waals surface area contributed by atoms with E-state index in [9.17, 15) is 4.79 Å². The average molecular weight is 233 g/mol. The van der Waals surface area contributed by atoms with Crippen LogP contribution in [0.4, 0.5) is 0 Å². The van der Waals surface area contributed by atoms with E-state index in [0.29, 0.717) is 0 Å². The molecule has 2 rings (SSSR count). The van der Waals surface area contributed by atoms with E-state index in [4.69, 9.17) is 10.5 Å². The lowest BCUT2D eigenvalue weighted by molar-refractivity contribution is -0.143. The molecule has 92 valence electrons. The van der Waals surface area contributed by atoms with Gasteiger partial charge in [0.1, 0.15) is 6.04 Å². The molecule has 0 amide bonds. The Morgan fingerprint density at radius 3 is 2.59 bits per heavy atom. The quantitative estimate of drug-likeness (QED) is 0.810. The third-order valence-corrected chi connectivity index (χ3v) is 3.77. The minimum absolute atomic E-state index is 0.191. The van der Waals surface area contributed by atoms with Gasteiger partial charge >= 0.3 is 5.97 Å². The van der Waals surface area contributed by atoms with Crippen LogP contribution in [0.1, 0.15) is 29.5 Å². The number of nitrogens with two attached hydrogens (primary N) is 1.